The number of carbonyl (C=O) groups is 2. The fourth-order valence-corrected chi connectivity index (χ4v) is 3.25. The Labute approximate surface area is 150 Å². The third-order valence-corrected chi connectivity index (χ3v) is 4.84. The van der Waals surface area contributed by atoms with Crippen molar-refractivity contribution < 1.29 is 14.3 Å². The van der Waals surface area contributed by atoms with E-state index in [4.69, 9.17) is 4.74 Å². The largest absolute Gasteiger partial charge is 0.492 e. The normalized spacial score (nSPS) is 15.8. The summed E-state index contributed by atoms with van der Waals surface area (Å²) in [5.74, 6) is 1.40. The third kappa shape index (κ3) is 6.16. The number of ether oxygens (including phenoxy) is 1. The average molecular weight is 346 g/mol. The van der Waals surface area contributed by atoms with Crippen molar-refractivity contribution in [2.24, 2.45) is 5.92 Å². The molecule has 0 radical (unpaired) electrons. The molecule has 0 N–H and O–H groups in total. The van der Waals surface area contributed by atoms with E-state index in [2.05, 4.69) is 11.0 Å². The van der Waals surface area contributed by atoms with Gasteiger partial charge in [-0.15, -0.1) is 0 Å². The number of nitrogens with zero attached hydrogens (tertiary/aromatic N) is 2. The second kappa shape index (κ2) is 8.99. The van der Waals surface area contributed by atoms with Crippen LogP contribution in [0.4, 0.5) is 0 Å². The molecule has 1 heterocycles. The van der Waals surface area contributed by atoms with Crippen LogP contribution < -0.4 is 4.74 Å². The Bertz CT molecular complexity index is 587. The molecular formula is C20H30N2O3. The van der Waals surface area contributed by atoms with Crippen LogP contribution >= 0.6 is 0 Å². The third-order valence-electron chi connectivity index (χ3n) is 4.84. The van der Waals surface area contributed by atoms with Gasteiger partial charge in [0.15, 0.2) is 0 Å². The molecule has 0 aliphatic carbocycles. The van der Waals surface area contributed by atoms with Crippen molar-refractivity contribution in [3.63, 3.8) is 0 Å². The zero-order valence-electron chi connectivity index (χ0n) is 15.9. The lowest BCUT2D eigenvalue weighted by Gasteiger charge is -2.31. The van der Waals surface area contributed by atoms with Crippen LogP contribution in [0, 0.1) is 19.8 Å². The Balaban J connectivity index is 1.71. The average Bonchev–Trinajstić information content (AvgIpc) is 2.54. The molecule has 0 aromatic heterocycles. The number of hydrogen-bond acceptors (Lipinski definition) is 4. The van der Waals surface area contributed by atoms with Crippen molar-refractivity contribution in [3.8, 4) is 5.75 Å². The number of ketones is 1. The summed E-state index contributed by atoms with van der Waals surface area (Å²) in [5, 5.41) is 0. The highest BCUT2D eigenvalue weighted by molar-refractivity contribution is 5.79. The molecule has 138 valence electrons. The molecule has 25 heavy (non-hydrogen) atoms. The zero-order chi connectivity index (χ0) is 18.4. The topological polar surface area (TPSA) is 49.9 Å². The quantitative estimate of drug-likeness (QED) is 0.761. The zero-order valence-corrected chi connectivity index (χ0v) is 15.9. The highest BCUT2D eigenvalue weighted by atomic mass is 16.5. The van der Waals surface area contributed by atoms with E-state index < -0.39 is 0 Å². The lowest BCUT2D eigenvalue weighted by atomic mass is 9.93. The van der Waals surface area contributed by atoms with Gasteiger partial charge < -0.3 is 9.64 Å². The van der Waals surface area contributed by atoms with Gasteiger partial charge in [-0.1, -0.05) is 6.07 Å². The van der Waals surface area contributed by atoms with Crippen LogP contribution in [-0.2, 0) is 9.59 Å². The summed E-state index contributed by atoms with van der Waals surface area (Å²) in [6.07, 6.45) is 1.73. The van der Waals surface area contributed by atoms with Crippen LogP contribution in [0.15, 0.2) is 18.2 Å². The number of likely N-dealkylation sites (N-methyl/N-ethyl adjacent to an activating group) is 1. The van der Waals surface area contributed by atoms with E-state index in [1.165, 1.54) is 11.1 Å². The maximum atomic E-state index is 12.3. The molecule has 1 aromatic carbocycles. The summed E-state index contributed by atoms with van der Waals surface area (Å²) >= 11 is 0. The van der Waals surface area contributed by atoms with Gasteiger partial charge in [0, 0.05) is 13.0 Å². The summed E-state index contributed by atoms with van der Waals surface area (Å²) < 4.78 is 5.77. The maximum absolute atomic E-state index is 12.3. The Morgan fingerprint density at radius 2 is 1.76 bits per heavy atom. The number of aryl methyl sites for hydroxylation is 2. The molecule has 1 fully saturated rings. The summed E-state index contributed by atoms with van der Waals surface area (Å²) in [4.78, 5) is 27.6. The first-order chi connectivity index (χ1) is 11.8. The Kier molecular flexibility index (Phi) is 7.00. The molecule has 0 spiro atoms. The Morgan fingerprint density at radius 3 is 2.32 bits per heavy atom. The van der Waals surface area contributed by atoms with Crippen molar-refractivity contribution in [1.82, 2.24) is 9.80 Å². The van der Waals surface area contributed by atoms with Crippen molar-refractivity contribution in [2.75, 3.05) is 39.8 Å². The Morgan fingerprint density at radius 1 is 1.16 bits per heavy atom. The lowest BCUT2D eigenvalue weighted by molar-refractivity contribution is -0.132. The molecule has 1 amide bonds. The van der Waals surface area contributed by atoms with Crippen molar-refractivity contribution in [1.29, 1.82) is 0 Å². The van der Waals surface area contributed by atoms with E-state index >= 15 is 0 Å². The first-order valence-corrected chi connectivity index (χ1v) is 9.03. The van der Waals surface area contributed by atoms with Crippen LogP contribution in [0.25, 0.3) is 0 Å². The minimum atomic E-state index is 0.102. The number of hydrogen-bond donors (Lipinski definition) is 0. The van der Waals surface area contributed by atoms with E-state index in [0.717, 1.165) is 31.7 Å². The van der Waals surface area contributed by atoms with Crippen LogP contribution in [0.2, 0.25) is 0 Å². The predicted molar refractivity (Wildman–Crippen MR) is 98.9 cm³/mol. The highest BCUT2D eigenvalue weighted by Gasteiger charge is 2.24. The number of carbonyl (C=O) groups excluding carboxylic acids is 2. The van der Waals surface area contributed by atoms with Crippen LogP contribution in [0.1, 0.15) is 30.9 Å². The van der Waals surface area contributed by atoms with Gasteiger partial charge in [-0.25, -0.2) is 0 Å². The van der Waals surface area contributed by atoms with Gasteiger partial charge in [-0.05, 0) is 70.0 Å². The van der Waals surface area contributed by atoms with Gasteiger partial charge in [0.25, 0.3) is 0 Å². The summed E-state index contributed by atoms with van der Waals surface area (Å²) in [6, 6.07) is 6.12. The maximum Gasteiger partial charge on any atom is 0.236 e. The number of benzene rings is 1. The lowest BCUT2D eigenvalue weighted by Crippen LogP contribution is -2.43. The van der Waals surface area contributed by atoms with Crippen molar-refractivity contribution >= 4 is 11.7 Å². The van der Waals surface area contributed by atoms with Crippen molar-refractivity contribution in [2.45, 2.75) is 33.6 Å². The van der Waals surface area contributed by atoms with Gasteiger partial charge in [0.05, 0.1) is 13.1 Å². The number of likely N-dealkylation sites (tertiary alicyclic amines) is 1. The SMILES string of the molecule is CC(=O)C1CCN(CC(=O)N(C)CCOc2cc(C)cc(C)c2)CC1. The van der Waals surface area contributed by atoms with Crippen LogP contribution in [-0.4, -0.2) is 61.3 Å². The molecule has 0 bridgehead atoms. The highest BCUT2D eigenvalue weighted by Crippen LogP contribution is 2.18. The van der Waals surface area contributed by atoms with E-state index in [1.807, 2.05) is 33.0 Å². The number of amides is 1. The molecule has 0 unspecified atom stereocenters. The molecule has 5 heteroatoms. The number of Topliss-reactive ketones (excluding diaryl/α,β-unsaturated/α-hetero) is 1. The molecule has 1 aliphatic rings. The fourth-order valence-electron chi connectivity index (χ4n) is 3.25. The Hall–Kier alpha value is -1.88. The molecule has 0 saturated carbocycles. The second-order valence-electron chi connectivity index (χ2n) is 7.15. The number of rotatable bonds is 7. The molecule has 1 aliphatic heterocycles. The van der Waals surface area contributed by atoms with Gasteiger partial charge in [0.2, 0.25) is 5.91 Å². The van der Waals surface area contributed by atoms with Gasteiger partial charge in [0.1, 0.15) is 18.1 Å². The predicted octanol–water partition coefficient (Wildman–Crippen LogP) is 2.44. The molecular weight excluding hydrogens is 316 g/mol. The van der Waals surface area contributed by atoms with E-state index in [9.17, 15) is 9.59 Å². The summed E-state index contributed by atoms with van der Waals surface area (Å²) in [5.41, 5.74) is 2.35. The first-order valence-electron chi connectivity index (χ1n) is 9.03. The van der Waals surface area contributed by atoms with Crippen LogP contribution in [0.3, 0.4) is 0 Å². The fraction of sp³-hybridized carbons (Fsp3) is 0.600. The van der Waals surface area contributed by atoms with Gasteiger partial charge in [-0.3, -0.25) is 14.5 Å². The number of piperidine rings is 1. The first kappa shape index (κ1) is 19.4. The summed E-state index contributed by atoms with van der Waals surface area (Å²) in [6.45, 7) is 8.87. The van der Waals surface area contributed by atoms with Gasteiger partial charge >= 0.3 is 0 Å². The van der Waals surface area contributed by atoms with Crippen LogP contribution in [0.5, 0.6) is 5.75 Å². The van der Waals surface area contributed by atoms with Gasteiger partial charge in [-0.2, -0.15) is 0 Å². The molecule has 0 atom stereocenters. The molecule has 5 nitrogen and oxygen atoms in total. The second-order valence-corrected chi connectivity index (χ2v) is 7.15. The minimum absolute atomic E-state index is 0.102. The smallest absolute Gasteiger partial charge is 0.236 e. The van der Waals surface area contributed by atoms with Crippen molar-refractivity contribution in [3.05, 3.63) is 29.3 Å². The molecule has 1 saturated heterocycles. The minimum Gasteiger partial charge on any atom is -0.492 e. The summed E-state index contributed by atoms with van der Waals surface area (Å²) in [7, 11) is 1.81. The van der Waals surface area contributed by atoms with E-state index in [0.29, 0.717) is 19.7 Å². The van der Waals surface area contributed by atoms with E-state index in [1.54, 1.807) is 11.8 Å². The van der Waals surface area contributed by atoms with E-state index in [-0.39, 0.29) is 17.6 Å². The monoisotopic (exact) mass is 346 g/mol. The molecule has 2 rings (SSSR count). The molecule has 1 aromatic rings. The standard InChI is InChI=1S/C20H30N2O3/c1-15-11-16(2)13-19(12-15)25-10-9-21(4)20(24)14-22-7-5-18(6-8-22)17(3)23/h11-13,18H,5-10,14H2,1-4H3.